The van der Waals surface area contributed by atoms with Crippen molar-refractivity contribution in [1.29, 1.82) is 0 Å². The minimum absolute atomic E-state index is 0.0139. The topological polar surface area (TPSA) is 75.7 Å². The summed E-state index contributed by atoms with van der Waals surface area (Å²) in [5.74, 6) is -1.58. The molecule has 0 spiro atoms. The number of sulfone groups is 1. The van der Waals surface area contributed by atoms with Crippen LogP contribution in [0, 0.1) is 5.82 Å². The zero-order valence-corrected chi connectivity index (χ0v) is 18.4. The second-order valence-electron chi connectivity index (χ2n) is 7.48. The number of alkyl halides is 6. The van der Waals surface area contributed by atoms with E-state index in [1.165, 1.54) is 13.0 Å². The third-order valence-corrected chi connectivity index (χ3v) is 6.97. The summed E-state index contributed by atoms with van der Waals surface area (Å²) < 4.78 is 119. The molecule has 0 amide bonds. The second kappa shape index (κ2) is 8.33. The molecule has 0 saturated carbocycles. The van der Waals surface area contributed by atoms with Gasteiger partial charge in [0.1, 0.15) is 16.9 Å². The van der Waals surface area contributed by atoms with Crippen molar-refractivity contribution in [2.24, 2.45) is 0 Å². The summed E-state index contributed by atoms with van der Waals surface area (Å²) in [6.07, 6.45) is -7.89. The number of aromatic amines is 1. The lowest BCUT2D eigenvalue weighted by Gasteiger charge is -2.12. The summed E-state index contributed by atoms with van der Waals surface area (Å²) >= 11 is 0. The molecule has 1 N–H and O–H groups in total. The maximum absolute atomic E-state index is 15.1. The average Bonchev–Trinajstić information content (AvgIpc) is 3.13. The van der Waals surface area contributed by atoms with E-state index in [9.17, 15) is 34.8 Å². The van der Waals surface area contributed by atoms with E-state index in [-0.39, 0.29) is 16.6 Å². The van der Waals surface area contributed by atoms with Gasteiger partial charge in [0.15, 0.2) is 15.7 Å². The molecular formula is C22H14F7N3O2S. The molecule has 5 nitrogen and oxygen atoms in total. The van der Waals surface area contributed by atoms with Gasteiger partial charge in [0, 0.05) is 18.0 Å². The lowest BCUT2D eigenvalue weighted by atomic mass is 10.0. The van der Waals surface area contributed by atoms with Gasteiger partial charge >= 0.3 is 12.4 Å². The number of aromatic nitrogens is 3. The van der Waals surface area contributed by atoms with Crippen molar-refractivity contribution in [3.63, 3.8) is 0 Å². The van der Waals surface area contributed by atoms with Gasteiger partial charge in [-0.15, -0.1) is 0 Å². The quantitative estimate of drug-likeness (QED) is 0.324. The minimum atomic E-state index is -4.75. The van der Waals surface area contributed by atoms with Crippen molar-refractivity contribution in [1.82, 2.24) is 15.0 Å². The number of fused-ring (bicyclic) bond motifs is 1. The van der Waals surface area contributed by atoms with Gasteiger partial charge in [-0.3, -0.25) is 9.97 Å². The Hall–Kier alpha value is -3.48. The zero-order valence-electron chi connectivity index (χ0n) is 17.6. The summed E-state index contributed by atoms with van der Waals surface area (Å²) in [7, 11) is -4.10. The Morgan fingerprint density at radius 2 is 1.57 bits per heavy atom. The summed E-state index contributed by atoms with van der Waals surface area (Å²) in [6, 6.07) is 5.79. The van der Waals surface area contributed by atoms with Gasteiger partial charge < -0.3 is 4.98 Å². The summed E-state index contributed by atoms with van der Waals surface area (Å²) in [6.45, 7) is 1.30. The molecule has 0 aliphatic rings. The SMILES string of the molecule is CCS(=O)(=O)c1cc(-c2cccc(C(F)(F)F)c2)cnc1-c1[nH]c2cc(C(F)(F)F)cnc2c1F. The van der Waals surface area contributed by atoms with Crippen molar-refractivity contribution in [3.8, 4) is 22.5 Å². The van der Waals surface area contributed by atoms with Crippen LogP contribution in [0.4, 0.5) is 30.7 Å². The van der Waals surface area contributed by atoms with Crippen LogP contribution in [0.5, 0.6) is 0 Å². The molecule has 3 aromatic heterocycles. The lowest BCUT2D eigenvalue weighted by Crippen LogP contribution is -2.08. The molecular weight excluding hydrogens is 503 g/mol. The minimum Gasteiger partial charge on any atom is -0.349 e. The molecule has 0 unspecified atom stereocenters. The number of pyridine rings is 2. The van der Waals surface area contributed by atoms with E-state index in [1.54, 1.807) is 0 Å². The molecule has 0 aliphatic carbocycles. The number of halogens is 7. The van der Waals surface area contributed by atoms with Crippen molar-refractivity contribution in [2.75, 3.05) is 5.75 Å². The van der Waals surface area contributed by atoms with Gasteiger partial charge in [-0.05, 0) is 29.8 Å². The molecule has 0 bridgehead atoms. The molecule has 0 atom stereocenters. The molecule has 0 radical (unpaired) electrons. The molecule has 0 aliphatic heterocycles. The van der Waals surface area contributed by atoms with Gasteiger partial charge in [-0.2, -0.15) is 26.3 Å². The van der Waals surface area contributed by atoms with E-state index < -0.39 is 66.7 Å². The molecule has 0 fully saturated rings. The monoisotopic (exact) mass is 517 g/mol. The number of nitrogens with one attached hydrogen (secondary N) is 1. The largest absolute Gasteiger partial charge is 0.417 e. The highest BCUT2D eigenvalue weighted by atomic mass is 32.2. The van der Waals surface area contributed by atoms with Crippen LogP contribution in [-0.4, -0.2) is 29.1 Å². The first kappa shape index (κ1) is 24.6. The molecule has 3 heterocycles. The number of H-pyrrole nitrogens is 1. The van der Waals surface area contributed by atoms with Gasteiger partial charge in [-0.25, -0.2) is 12.8 Å². The molecule has 35 heavy (non-hydrogen) atoms. The van der Waals surface area contributed by atoms with Crippen molar-refractivity contribution in [2.45, 2.75) is 24.2 Å². The fourth-order valence-corrected chi connectivity index (χ4v) is 4.49. The van der Waals surface area contributed by atoms with Crippen molar-refractivity contribution >= 4 is 20.9 Å². The average molecular weight is 517 g/mol. The van der Waals surface area contributed by atoms with E-state index in [1.807, 2.05) is 0 Å². The fraction of sp³-hybridized carbons (Fsp3) is 0.182. The van der Waals surface area contributed by atoms with Crippen molar-refractivity contribution < 1.29 is 39.2 Å². The predicted octanol–water partition coefficient (Wildman–Crippen LogP) is 6.26. The lowest BCUT2D eigenvalue weighted by molar-refractivity contribution is -0.138. The Kier molecular flexibility index (Phi) is 5.86. The highest BCUT2D eigenvalue weighted by molar-refractivity contribution is 7.91. The Bertz CT molecular complexity index is 1540. The van der Waals surface area contributed by atoms with Crippen LogP contribution in [0.15, 0.2) is 53.7 Å². The molecule has 0 saturated heterocycles. The van der Waals surface area contributed by atoms with Crippen LogP contribution >= 0.6 is 0 Å². The fourth-order valence-electron chi connectivity index (χ4n) is 3.42. The summed E-state index contributed by atoms with van der Waals surface area (Å²) in [5.41, 5.74) is -3.84. The smallest absolute Gasteiger partial charge is 0.349 e. The van der Waals surface area contributed by atoms with Crippen LogP contribution in [-0.2, 0) is 22.2 Å². The number of nitrogens with zero attached hydrogens (tertiary/aromatic N) is 2. The highest BCUT2D eigenvalue weighted by Crippen LogP contribution is 2.37. The maximum Gasteiger partial charge on any atom is 0.417 e. The van der Waals surface area contributed by atoms with Gasteiger partial charge in [0.2, 0.25) is 0 Å². The molecule has 4 rings (SSSR count). The first-order valence-corrected chi connectivity index (χ1v) is 11.5. The third-order valence-electron chi connectivity index (χ3n) is 5.23. The van der Waals surface area contributed by atoms with Crippen molar-refractivity contribution in [3.05, 3.63) is 65.7 Å². The second-order valence-corrected chi connectivity index (χ2v) is 9.73. The Balaban J connectivity index is 1.92. The first-order chi connectivity index (χ1) is 16.2. The highest BCUT2D eigenvalue weighted by Gasteiger charge is 2.33. The Morgan fingerprint density at radius 1 is 0.886 bits per heavy atom. The van der Waals surface area contributed by atoms with Crippen LogP contribution in [0.1, 0.15) is 18.1 Å². The Morgan fingerprint density at radius 3 is 2.20 bits per heavy atom. The first-order valence-electron chi connectivity index (χ1n) is 9.87. The maximum atomic E-state index is 15.1. The predicted molar refractivity (Wildman–Crippen MR) is 112 cm³/mol. The van der Waals surface area contributed by atoms with E-state index in [0.717, 1.165) is 30.5 Å². The standard InChI is InChI=1S/C22H14F7N3O2S/c1-2-35(33,34)16-7-12(11-4-3-5-13(6-11)21(24,25)26)9-30-19(16)20-17(23)18-15(32-20)8-14(10-31-18)22(27,28)29/h3-10,32H,2H2,1H3. The number of benzene rings is 1. The summed E-state index contributed by atoms with van der Waals surface area (Å²) in [4.78, 5) is 9.37. The van der Waals surface area contributed by atoms with Crippen LogP contribution in [0.2, 0.25) is 0 Å². The Labute approximate surface area is 193 Å². The van der Waals surface area contributed by atoms with Gasteiger partial charge in [-0.1, -0.05) is 19.1 Å². The molecule has 13 heteroatoms. The van der Waals surface area contributed by atoms with Gasteiger partial charge in [0.25, 0.3) is 0 Å². The number of hydrogen-bond donors (Lipinski definition) is 1. The van der Waals surface area contributed by atoms with E-state index in [0.29, 0.717) is 12.3 Å². The van der Waals surface area contributed by atoms with Gasteiger partial charge in [0.05, 0.1) is 27.3 Å². The number of hydrogen-bond acceptors (Lipinski definition) is 4. The molecule has 184 valence electrons. The third kappa shape index (κ3) is 4.59. The van der Waals surface area contributed by atoms with Crippen LogP contribution < -0.4 is 0 Å². The number of rotatable bonds is 4. The van der Waals surface area contributed by atoms with E-state index in [2.05, 4.69) is 15.0 Å². The summed E-state index contributed by atoms with van der Waals surface area (Å²) in [5, 5.41) is 0. The van der Waals surface area contributed by atoms with E-state index in [4.69, 9.17) is 0 Å². The normalized spacial score (nSPS) is 12.9. The molecule has 4 aromatic rings. The van der Waals surface area contributed by atoms with E-state index >= 15 is 4.39 Å². The zero-order chi connectivity index (χ0) is 25.8. The van der Waals surface area contributed by atoms with Crippen LogP contribution in [0.3, 0.4) is 0 Å². The molecule has 1 aromatic carbocycles. The van der Waals surface area contributed by atoms with Crippen LogP contribution in [0.25, 0.3) is 33.5 Å².